The van der Waals surface area contributed by atoms with Gasteiger partial charge in [-0.3, -0.25) is 4.79 Å². The first kappa shape index (κ1) is 11.7. The summed E-state index contributed by atoms with van der Waals surface area (Å²) in [6.07, 6.45) is 4.65. The Balaban J connectivity index is 1.65. The van der Waals surface area contributed by atoms with Gasteiger partial charge in [-0.05, 0) is 63.0 Å². The van der Waals surface area contributed by atoms with Crippen LogP contribution in [0.2, 0.25) is 0 Å². The van der Waals surface area contributed by atoms with Crippen molar-refractivity contribution in [1.82, 2.24) is 5.32 Å². The van der Waals surface area contributed by atoms with Gasteiger partial charge < -0.3 is 10.1 Å². The van der Waals surface area contributed by atoms with Crippen molar-refractivity contribution in [3.8, 4) is 5.75 Å². The fourth-order valence-electron chi connectivity index (χ4n) is 2.40. The minimum Gasteiger partial charge on any atom is -0.490 e. The smallest absolute Gasteiger partial charge is 0.166 e. The van der Waals surface area contributed by atoms with E-state index in [2.05, 4.69) is 5.32 Å². The van der Waals surface area contributed by atoms with E-state index in [4.69, 9.17) is 4.74 Å². The lowest BCUT2D eigenvalue weighted by molar-refractivity contribution is 0.0895. The second-order valence-electron chi connectivity index (χ2n) is 5.23. The molecule has 0 spiro atoms. The first-order chi connectivity index (χ1) is 8.83. The Hall–Kier alpha value is -1.35. The average molecular weight is 245 g/mol. The van der Waals surface area contributed by atoms with E-state index >= 15 is 0 Å². The van der Waals surface area contributed by atoms with Gasteiger partial charge in [0.1, 0.15) is 5.75 Å². The van der Waals surface area contributed by atoms with Gasteiger partial charge in [-0.2, -0.15) is 0 Å². The largest absolute Gasteiger partial charge is 0.490 e. The van der Waals surface area contributed by atoms with Crippen molar-refractivity contribution < 1.29 is 9.53 Å². The van der Waals surface area contributed by atoms with Crippen LogP contribution in [-0.2, 0) is 0 Å². The molecule has 3 rings (SSSR count). The van der Waals surface area contributed by atoms with Crippen LogP contribution >= 0.6 is 0 Å². The lowest BCUT2D eigenvalue weighted by Crippen LogP contribution is -2.31. The highest BCUT2D eigenvalue weighted by atomic mass is 16.5. The molecule has 18 heavy (non-hydrogen) atoms. The molecule has 1 aliphatic heterocycles. The van der Waals surface area contributed by atoms with Crippen LogP contribution in [-0.4, -0.2) is 25.0 Å². The van der Waals surface area contributed by atoms with Crippen molar-refractivity contribution in [1.29, 1.82) is 0 Å². The van der Waals surface area contributed by atoms with Crippen molar-refractivity contribution in [2.45, 2.75) is 31.8 Å². The zero-order valence-electron chi connectivity index (χ0n) is 10.5. The summed E-state index contributed by atoms with van der Waals surface area (Å²) in [5.74, 6) is 1.37. The number of rotatable bonds is 4. The van der Waals surface area contributed by atoms with Crippen LogP contribution in [0.25, 0.3) is 0 Å². The van der Waals surface area contributed by atoms with E-state index in [0.717, 1.165) is 50.1 Å². The summed E-state index contributed by atoms with van der Waals surface area (Å²) in [6, 6.07) is 7.66. The molecular weight excluding hydrogens is 226 g/mol. The SMILES string of the molecule is O=C(c1ccc(OC2CC2)cc1)C1CCNCC1. The summed E-state index contributed by atoms with van der Waals surface area (Å²) in [5.41, 5.74) is 0.824. The Morgan fingerprint density at radius 2 is 1.72 bits per heavy atom. The Labute approximate surface area is 108 Å². The van der Waals surface area contributed by atoms with E-state index in [-0.39, 0.29) is 11.7 Å². The molecule has 96 valence electrons. The van der Waals surface area contributed by atoms with Crippen molar-refractivity contribution >= 4 is 5.78 Å². The second-order valence-corrected chi connectivity index (χ2v) is 5.23. The molecular formula is C15H19NO2. The monoisotopic (exact) mass is 245 g/mol. The van der Waals surface area contributed by atoms with Gasteiger partial charge >= 0.3 is 0 Å². The molecule has 1 aliphatic carbocycles. The van der Waals surface area contributed by atoms with Crippen LogP contribution in [0.1, 0.15) is 36.0 Å². The fraction of sp³-hybridized carbons (Fsp3) is 0.533. The first-order valence-electron chi connectivity index (χ1n) is 6.84. The normalized spacial score (nSPS) is 20.7. The number of piperidine rings is 1. The van der Waals surface area contributed by atoms with Crippen LogP contribution in [0.4, 0.5) is 0 Å². The molecule has 0 aromatic heterocycles. The predicted octanol–water partition coefficient (Wildman–Crippen LogP) is 2.41. The van der Waals surface area contributed by atoms with Gasteiger partial charge in [0.15, 0.2) is 5.78 Å². The van der Waals surface area contributed by atoms with Gasteiger partial charge in [0.05, 0.1) is 6.10 Å². The summed E-state index contributed by atoms with van der Waals surface area (Å²) in [4.78, 5) is 12.3. The van der Waals surface area contributed by atoms with Gasteiger partial charge in [0.25, 0.3) is 0 Å². The first-order valence-corrected chi connectivity index (χ1v) is 6.84. The van der Waals surface area contributed by atoms with Crippen molar-refractivity contribution in [3.63, 3.8) is 0 Å². The highest BCUT2D eigenvalue weighted by Gasteiger charge is 2.24. The minimum absolute atomic E-state index is 0.196. The third kappa shape index (κ3) is 2.72. The van der Waals surface area contributed by atoms with Gasteiger partial charge in [-0.1, -0.05) is 0 Å². The molecule has 0 radical (unpaired) electrons. The molecule has 0 atom stereocenters. The number of benzene rings is 1. The molecule has 0 amide bonds. The number of carbonyl (C=O) groups excluding carboxylic acids is 1. The molecule has 3 heteroatoms. The number of ketones is 1. The molecule has 1 aromatic carbocycles. The Morgan fingerprint density at radius 1 is 1.06 bits per heavy atom. The topological polar surface area (TPSA) is 38.3 Å². The second kappa shape index (κ2) is 5.11. The van der Waals surface area contributed by atoms with Crippen molar-refractivity contribution in [2.75, 3.05) is 13.1 Å². The maximum atomic E-state index is 12.3. The molecule has 0 unspecified atom stereocenters. The fourth-order valence-corrected chi connectivity index (χ4v) is 2.40. The quantitative estimate of drug-likeness (QED) is 0.828. The highest BCUT2D eigenvalue weighted by Crippen LogP contribution is 2.27. The molecule has 0 bridgehead atoms. The summed E-state index contributed by atoms with van der Waals surface area (Å²) in [5, 5.41) is 3.29. The molecule has 1 heterocycles. The standard InChI is InChI=1S/C15H19NO2/c17-15(12-7-9-16-10-8-12)11-1-3-13(4-2-11)18-14-5-6-14/h1-4,12,14,16H,5-10H2. The number of nitrogens with one attached hydrogen (secondary N) is 1. The van der Waals surface area contributed by atoms with Crippen LogP contribution in [0.3, 0.4) is 0 Å². The average Bonchev–Trinajstić information content (AvgIpc) is 3.24. The Kier molecular flexibility index (Phi) is 3.33. The lowest BCUT2D eigenvalue weighted by atomic mass is 9.90. The third-order valence-corrected chi connectivity index (χ3v) is 3.68. The molecule has 2 fully saturated rings. The van der Waals surface area contributed by atoms with Gasteiger partial charge in [-0.15, -0.1) is 0 Å². The predicted molar refractivity (Wildman–Crippen MR) is 70.0 cm³/mol. The maximum absolute atomic E-state index is 12.3. The third-order valence-electron chi connectivity index (χ3n) is 3.68. The number of Topliss-reactive ketones (excluding diaryl/α,β-unsaturated/α-hetero) is 1. The van der Waals surface area contributed by atoms with E-state index < -0.39 is 0 Å². The summed E-state index contributed by atoms with van der Waals surface area (Å²) in [6.45, 7) is 1.92. The maximum Gasteiger partial charge on any atom is 0.166 e. The van der Waals surface area contributed by atoms with Gasteiger partial charge in [0, 0.05) is 11.5 Å². The van der Waals surface area contributed by atoms with Crippen LogP contribution in [0, 0.1) is 5.92 Å². The molecule has 1 saturated carbocycles. The zero-order valence-corrected chi connectivity index (χ0v) is 10.5. The summed E-state index contributed by atoms with van der Waals surface area (Å²) < 4.78 is 5.68. The van der Waals surface area contributed by atoms with Crippen LogP contribution < -0.4 is 10.1 Å². The van der Waals surface area contributed by atoms with Gasteiger partial charge in [-0.25, -0.2) is 0 Å². The zero-order chi connectivity index (χ0) is 12.4. The molecule has 1 N–H and O–H groups in total. The summed E-state index contributed by atoms with van der Waals surface area (Å²) >= 11 is 0. The lowest BCUT2D eigenvalue weighted by Gasteiger charge is -2.21. The summed E-state index contributed by atoms with van der Waals surface area (Å²) in [7, 11) is 0. The number of carbonyl (C=O) groups is 1. The molecule has 3 nitrogen and oxygen atoms in total. The van der Waals surface area contributed by atoms with Crippen LogP contribution in [0.15, 0.2) is 24.3 Å². The van der Waals surface area contributed by atoms with E-state index in [1.165, 1.54) is 0 Å². The van der Waals surface area contributed by atoms with E-state index in [1.807, 2.05) is 24.3 Å². The number of ether oxygens (including phenoxy) is 1. The molecule has 1 aromatic rings. The van der Waals surface area contributed by atoms with E-state index in [0.29, 0.717) is 6.10 Å². The van der Waals surface area contributed by atoms with Crippen molar-refractivity contribution in [3.05, 3.63) is 29.8 Å². The van der Waals surface area contributed by atoms with E-state index in [9.17, 15) is 4.79 Å². The van der Waals surface area contributed by atoms with Crippen molar-refractivity contribution in [2.24, 2.45) is 5.92 Å². The Bertz CT molecular complexity index is 417. The van der Waals surface area contributed by atoms with Crippen LogP contribution in [0.5, 0.6) is 5.75 Å². The number of hydrogen-bond acceptors (Lipinski definition) is 3. The van der Waals surface area contributed by atoms with Gasteiger partial charge in [0.2, 0.25) is 0 Å². The van der Waals surface area contributed by atoms with E-state index in [1.54, 1.807) is 0 Å². The Morgan fingerprint density at radius 3 is 2.33 bits per heavy atom. The molecule has 1 saturated heterocycles. The molecule has 2 aliphatic rings. The minimum atomic E-state index is 0.196. The number of hydrogen-bond donors (Lipinski definition) is 1. The highest BCUT2D eigenvalue weighted by molar-refractivity contribution is 5.98.